The van der Waals surface area contributed by atoms with Gasteiger partial charge in [-0.25, -0.2) is 0 Å². The molecule has 1 aromatic rings. The van der Waals surface area contributed by atoms with Crippen LogP contribution < -0.4 is 10.6 Å². The van der Waals surface area contributed by atoms with Gasteiger partial charge in [0, 0.05) is 25.6 Å². The molecule has 1 aliphatic heterocycles. The zero-order valence-corrected chi connectivity index (χ0v) is 12.6. The Kier molecular flexibility index (Phi) is 7.12. The van der Waals surface area contributed by atoms with Crippen molar-refractivity contribution in [1.82, 2.24) is 10.6 Å². The molecule has 1 amide bonds. The summed E-state index contributed by atoms with van der Waals surface area (Å²) < 4.78 is 43.6. The van der Waals surface area contributed by atoms with E-state index in [4.69, 9.17) is 4.74 Å². The molecule has 1 aliphatic rings. The Morgan fingerprint density at radius 2 is 2.09 bits per heavy atom. The highest BCUT2D eigenvalue weighted by Crippen LogP contribution is 2.31. The van der Waals surface area contributed by atoms with Crippen molar-refractivity contribution in [3.63, 3.8) is 0 Å². The van der Waals surface area contributed by atoms with Gasteiger partial charge in [-0.05, 0) is 11.6 Å². The summed E-state index contributed by atoms with van der Waals surface area (Å²) in [5, 5.41) is 5.64. The molecule has 22 heavy (non-hydrogen) atoms. The van der Waals surface area contributed by atoms with E-state index in [0.717, 1.165) is 6.07 Å². The topological polar surface area (TPSA) is 50.4 Å². The van der Waals surface area contributed by atoms with Gasteiger partial charge in [0.25, 0.3) is 0 Å². The summed E-state index contributed by atoms with van der Waals surface area (Å²) in [6.45, 7) is 1.58. The van der Waals surface area contributed by atoms with Gasteiger partial charge < -0.3 is 15.4 Å². The van der Waals surface area contributed by atoms with Crippen molar-refractivity contribution in [1.29, 1.82) is 0 Å². The van der Waals surface area contributed by atoms with E-state index in [1.165, 1.54) is 18.2 Å². The molecule has 1 fully saturated rings. The molecule has 0 bridgehead atoms. The quantitative estimate of drug-likeness (QED) is 0.884. The number of carbonyl (C=O) groups is 1. The summed E-state index contributed by atoms with van der Waals surface area (Å²) >= 11 is 0. The molecule has 1 saturated heterocycles. The minimum absolute atomic E-state index is 0. The molecule has 1 aromatic carbocycles. The van der Waals surface area contributed by atoms with Gasteiger partial charge in [-0.15, -0.1) is 12.4 Å². The van der Waals surface area contributed by atoms with E-state index < -0.39 is 11.7 Å². The summed E-state index contributed by atoms with van der Waals surface area (Å²) in [5.41, 5.74) is -0.657. The molecule has 0 radical (unpaired) electrons. The van der Waals surface area contributed by atoms with Crippen molar-refractivity contribution < 1.29 is 22.7 Å². The Labute approximate surface area is 132 Å². The Bertz CT molecular complexity index is 491. The van der Waals surface area contributed by atoms with Gasteiger partial charge in [-0.1, -0.05) is 18.2 Å². The maximum Gasteiger partial charge on any atom is 0.416 e. The predicted octanol–water partition coefficient (Wildman–Crippen LogP) is 2.12. The molecular weight excluding hydrogens is 321 g/mol. The van der Waals surface area contributed by atoms with Crippen LogP contribution in [0.3, 0.4) is 0 Å². The van der Waals surface area contributed by atoms with Crippen LogP contribution in [0.5, 0.6) is 0 Å². The summed E-state index contributed by atoms with van der Waals surface area (Å²) in [4.78, 5) is 11.8. The van der Waals surface area contributed by atoms with Gasteiger partial charge in [0.1, 0.15) is 0 Å². The predicted molar refractivity (Wildman–Crippen MR) is 77.8 cm³/mol. The number of hydrogen-bond donors (Lipinski definition) is 2. The van der Waals surface area contributed by atoms with Crippen LogP contribution in [-0.4, -0.2) is 31.7 Å². The van der Waals surface area contributed by atoms with Crippen LogP contribution >= 0.6 is 12.4 Å². The van der Waals surface area contributed by atoms with Crippen LogP contribution in [0.4, 0.5) is 13.2 Å². The molecule has 1 heterocycles. The van der Waals surface area contributed by atoms with Crippen LogP contribution in [0.25, 0.3) is 0 Å². The molecule has 2 N–H and O–H groups in total. The van der Waals surface area contributed by atoms with Gasteiger partial charge in [-0.2, -0.15) is 13.2 Å². The molecule has 2 rings (SSSR count). The van der Waals surface area contributed by atoms with Gasteiger partial charge in [-0.3, -0.25) is 4.79 Å². The number of ether oxygens (including phenoxy) is 1. The van der Waals surface area contributed by atoms with Crippen molar-refractivity contribution in [2.75, 3.05) is 19.8 Å². The number of nitrogens with one attached hydrogen (secondary N) is 2. The zero-order valence-electron chi connectivity index (χ0n) is 11.8. The van der Waals surface area contributed by atoms with E-state index in [1.807, 2.05) is 0 Å². The molecule has 4 nitrogen and oxygen atoms in total. The lowest BCUT2D eigenvalue weighted by atomic mass is 10.1. The van der Waals surface area contributed by atoms with E-state index in [1.54, 1.807) is 0 Å². The number of rotatable bonds is 4. The molecule has 0 saturated carbocycles. The third-order valence-corrected chi connectivity index (χ3v) is 3.23. The van der Waals surface area contributed by atoms with Gasteiger partial charge in [0.15, 0.2) is 0 Å². The Hall–Kier alpha value is -1.31. The first-order valence-electron chi connectivity index (χ1n) is 6.70. The number of benzene rings is 1. The number of carbonyl (C=O) groups excluding carboxylic acids is 1. The summed E-state index contributed by atoms with van der Waals surface area (Å²) in [6.07, 6.45) is -4.23. The van der Waals surface area contributed by atoms with E-state index in [0.29, 0.717) is 19.8 Å². The number of amides is 1. The lowest BCUT2D eigenvalue weighted by Crippen LogP contribution is -2.44. The Morgan fingerprint density at radius 1 is 1.36 bits per heavy atom. The van der Waals surface area contributed by atoms with E-state index in [-0.39, 0.29) is 42.9 Å². The average Bonchev–Trinajstić information content (AvgIpc) is 2.45. The molecule has 1 unspecified atom stereocenters. The SMILES string of the molecule is Cl.O=C(CC1COCCN1)NCc1ccccc1C(F)(F)F. The first-order chi connectivity index (χ1) is 9.97. The van der Waals surface area contributed by atoms with Gasteiger partial charge >= 0.3 is 6.18 Å². The monoisotopic (exact) mass is 338 g/mol. The maximum absolute atomic E-state index is 12.8. The fourth-order valence-electron chi connectivity index (χ4n) is 2.19. The summed E-state index contributed by atoms with van der Waals surface area (Å²) in [7, 11) is 0. The minimum Gasteiger partial charge on any atom is -0.378 e. The maximum atomic E-state index is 12.8. The average molecular weight is 339 g/mol. The molecular formula is C14H18ClF3N2O2. The fourth-order valence-corrected chi connectivity index (χ4v) is 2.19. The van der Waals surface area contributed by atoms with Crippen molar-refractivity contribution >= 4 is 18.3 Å². The lowest BCUT2D eigenvalue weighted by molar-refractivity contribution is -0.138. The highest BCUT2D eigenvalue weighted by Gasteiger charge is 2.32. The molecule has 0 spiro atoms. The third kappa shape index (κ3) is 5.47. The highest BCUT2D eigenvalue weighted by atomic mass is 35.5. The van der Waals surface area contributed by atoms with E-state index >= 15 is 0 Å². The van der Waals surface area contributed by atoms with Crippen LogP contribution in [0, 0.1) is 0 Å². The van der Waals surface area contributed by atoms with E-state index in [9.17, 15) is 18.0 Å². The van der Waals surface area contributed by atoms with Crippen LogP contribution in [0.15, 0.2) is 24.3 Å². The molecule has 124 valence electrons. The molecule has 0 aliphatic carbocycles. The Morgan fingerprint density at radius 3 is 2.73 bits per heavy atom. The lowest BCUT2D eigenvalue weighted by Gasteiger charge is -2.23. The number of hydrogen-bond acceptors (Lipinski definition) is 3. The summed E-state index contributed by atoms with van der Waals surface area (Å²) in [6, 6.07) is 5.14. The van der Waals surface area contributed by atoms with Crippen molar-refractivity contribution in [2.24, 2.45) is 0 Å². The normalized spacial score (nSPS) is 18.4. The minimum atomic E-state index is -4.42. The van der Waals surface area contributed by atoms with Crippen molar-refractivity contribution in [3.8, 4) is 0 Å². The second-order valence-corrected chi connectivity index (χ2v) is 4.86. The molecule has 1 atom stereocenters. The van der Waals surface area contributed by atoms with Crippen LogP contribution in [0.2, 0.25) is 0 Å². The fraction of sp³-hybridized carbons (Fsp3) is 0.500. The molecule has 0 aromatic heterocycles. The second-order valence-electron chi connectivity index (χ2n) is 4.86. The van der Waals surface area contributed by atoms with Crippen LogP contribution in [-0.2, 0) is 22.3 Å². The first-order valence-corrected chi connectivity index (χ1v) is 6.70. The molecule has 8 heteroatoms. The third-order valence-electron chi connectivity index (χ3n) is 3.23. The Balaban J connectivity index is 0.00000242. The van der Waals surface area contributed by atoms with Crippen molar-refractivity contribution in [2.45, 2.75) is 25.2 Å². The first kappa shape index (κ1) is 18.7. The summed E-state index contributed by atoms with van der Waals surface area (Å²) in [5.74, 6) is -0.296. The zero-order chi connectivity index (χ0) is 15.3. The van der Waals surface area contributed by atoms with Crippen LogP contribution in [0.1, 0.15) is 17.5 Å². The van der Waals surface area contributed by atoms with Gasteiger partial charge in [0.2, 0.25) is 5.91 Å². The highest BCUT2D eigenvalue weighted by molar-refractivity contribution is 5.85. The largest absolute Gasteiger partial charge is 0.416 e. The number of halogens is 4. The van der Waals surface area contributed by atoms with E-state index in [2.05, 4.69) is 10.6 Å². The van der Waals surface area contributed by atoms with Gasteiger partial charge in [0.05, 0.1) is 18.8 Å². The smallest absolute Gasteiger partial charge is 0.378 e. The number of alkyl halides is 3. The second kappa shape index (κ2) is 8.36. The number of morpholine rings is 1. The van der Waals surface area contributed by atoms with Crippen molar-refractivity contribution in [3.05, 3.63) is 35.4 Å². The standard InChI is InChI=1S/C14H17F3N2O2.ClH/c15-14(16,17)12-4-2-1-3-10(12)8-19-13(20)7-11-9-21-6-5-18-11;/h1-4,11,18H,5-9H2,(H,19,20);1H.